The molecule has 0 fully saturated rings. The molecule has 2 rings (SSSR count). The van der Waals surface area contributed by atoms with E-state index in [9.17, 15) is 9.59 Å². The molecule has 0 atom stereocenters. The topological polar surface area (TPSA) is 73.2 Å². The van der Waals surface area contributed by atoms with E-state index < -0.39 is 0 Å². The maximum Gasteiger partial charge on any atom is 0.338 e. The van der Waals surface area contributed by atoms with Crippen molar-refractivity contribution < 1.29 is 14.3 Å². The van der Waals surface area contributed by atoms with Crippen LogP contribution in [0, 0.1) is 13.8 Å². The monoisotopic (exact) mass is 315 g/mol. The number of carbonyl (C=O) groups is 2. The summed E-state index contributed by atoms with van der Waals surface area (Å²) in [6.45, 7) is 5.98. The van der Waals surface area contributed by atoms with Crippen LogP contribution in [0.25, 0.3) is 0 Å². The first-order valence-corrected chi connectivity index (χ1v) is 7.48. The molecule has 2 aromatic rings. The van der Waals surface area contributed by atoms with Gasteiger partial charge in [-0.25, -0.2) is 4.79 Å². The number of aromatic nitrogens is 2. The minimum absolute atomic E-state index is 0.0503. The maximum atomic E-state index is 11.9. The van der Waals surface area contributed by atoms with Gasteiger partial charge in [0.1, 0.15) is 0 Å². The molecule has 0 bridgehead atoms. The van der Waals surface area contributed by atoms with E-state index >= 15 is 0 Å². The van der Waals surface area contributed by atoms with Gasteiger partial charge in [0.25, 0.3) is 0 Å². The van der Waals surface area contributed by atoms with E-state index in [1.54, 1.807) is 23.7 Å². The lowest BCUT2D eigenvalue weighted by Crippen LogP contribution is -2.12. The number of esters is 1. The summed E-state index contributed by atoms with van der Waals surface area (Å²) in [4.78, 5) is 23.5. The van der Waals surface area contributed by atoms with E-state index in [4.69, 9.17) is 4.74 Å². The molecule has 0 unspecified atom stereocenters. The zero-order valence-electron chi connectivity index (χ0n) is 13.8. The second-order valence-electron chi connectivity index (χ2n) is 5.25. The Morgan fingerprint density at radius 2 is 1.96 bits per heavy atom. The second kappa shape index (κ2) is 7.09. The van der Waals surface area contributed by atoms with Crippen molar-refractivity contribution in [2.75, 3.05) is 12.4 Å². The predicted octanol–water partition coefficient (Wildman–Crippen LogP) is 2.68. The van der Waals surface area contributed by atoms with Crippen LogP contribution < -0.4 is 5.32 Å². The highest BCUT2D eigenvalue weighted by atomic mass is 16.5. The van der Waals surface area contributed by atoms with Crippen LogP contribution in [0.1, 0.15) is 40.7 Å². The lowest BCUT2D eigenvalue weighted by molar-refractivity contribution is -0.115. The average molecular weight is 315 g/mol. The van der Waals surface area contributed by atoms with Crippen LogP contribution in [0.4, 0.5) is 5.69 Å². The summed E-state index contributed by atoms with van der Waals surface area (Å²) < 4.78 is 6.60. The molecular weight excluding hydrogens is 294 g/mol. The molecule has 1 heterocycles. The van der Waals surface area contributed by atoms with Crippen LogP contribution in [0.3, 0.4) is 0 Å². The Morgan fingerprint density at radius 1 is 1.26 bits per heavy atom. The molecule has 23 heavy (non-hydrogen) atoms. The number of benzene rings is 1. The van der Waals surface area contributed by atoms with Crippen LogP contribution in [0.5, 0.6) is 0 Å². The fourth-order valence-electron chi connectivity index (χ4n) is 2.39. The number of carbonyl (C=O) groups excluding carboxylic acids is 2. The lowest BCUT2D eigenvalue weighted by atomic mass is 10.1. The van der Waals surface area contributed by atoms with E-state index in [-0.39, 0.29) is 11.9 Å². The van der Waals surface area contributed by atoms with Crippen LogP contribution in [-0.4, -0.2) is 28.8 Å². The molecule has 1 N–H and O–H groups in total. The number of methoxy groups -OCH3 is 1. The Morgan fingerprint density at radius 3 is 2.61 bits per heavy atom. The number of ether oxygens (including phenoxy) is 1. The Hall–Kier alpha value is -2.63. The molecule has 0 saturated carbocycles. The summed E-state index contributed by atoms with van der Waals surface area (Å²) in [5.74, 6) is -0.424. The van der Waals surface area contributed by atoms with Crippen molar-refractivity contribution in [2.45, 2.75) is 33.7 Å². The van der Waals surface area contributed by atoms with Crippen LogP contribution in [0.2, 0.25) is 0 Å². The quantitative estimate of drug-likeness (QED) is 0.861. The number of nitrogens with one attached hydrogen (secondary N) is 1. The first-order chi connectivity index (χ1) is 11.0. The highest BCUT2D eigenvalue weighted by Gasteiger charge is 2.16. The summed E-state index contributed by atoms with van der Waals surface area (Å²) in [5.41, 5.74) is 3.66. The molecule has 1 aromatic carbocycles. The number of nitrogens with zero attached hydrogens (tertiary/aromatic N) is 2. The van der Waals surface area contributed by atoms with Gasteiger partial charge in [0, 0.05) is 6.42 Å². The highest BCUT2D eigenvalue weighted by molar-refractivity contribution is 5.92. The van der Waals surface area contributed by atoms with Gasteiger partial charge in [-0.2, -0.15) is 5.10 Å². The van der Waals surface area contributed by atoms with E-state index in [0.29, 0.717) is 18.5 Å². The van der Waals surface area contributed by atoms with Gasteiger partial charge in [-0.05, 0) is 25.5 Å². The smallest absolute Gasteiger partial charge is 0.338 e. The molecule has 1 aromatic heterocycles. The Kier molecular flexibility index (Phi) is 5.16. The molecule has 6 heteroatoms. The Labute approximate surface area is 135 Å². The third kappa shape index (κ3) is 3.59. The third-order valence-electron chi connectivity index (χ3n) is 3.71. The molecule has 0 aliphatic rings. The number of hydrogen-bond acceptors (Lipinski definition) is 4. The van der Waals surface area contributed by atoms with Gasteiger partial charge in [-0.15, -0.1) is 0 Å². The zero-order valence-corrected chi connectivity index (χ0v) is 13.8. The molecule has 6 nitrogen and oxygen atoms in total. The number of rotatable bonds is 5. The first-order valence-electron chi connectivity index (χ1n) is 7.48. The van der Waals surface area contributed by atoms with Crippen molar-refractivity contribution in [3.05, 3.63) is 46.8 Å². The number of aryl methyl sites for hydroxylation is 1. The van der Waals surface area contributed by atoms with Gasteiger partial charge in [-0.3, -0.25) is 9.48 Å². The third-order valence-corrected chi connectivity index (χ3v) is 3.71. The fraction of sp³-hybridized carbons (Fsp3) is 0.353. The molecule has 0 aliphatic heterocycles. The molecular formula is C17H21N3O3. The van der Waals surface area contributed by atoms with E-state index in [1.807, 2.05) is 26.0 Å². The average Bonchev–Trinajstić information content (AvgIpc) is 2.82. The van der Waals surface area contributed by atoms with Crippen LogP contribution in [0.15, 0.2) is 24.3 Å². The van der Waals surface area contributed by atoms with Crippen molar-refractivity contribution in [1.82, 2.24) is 9.78 Å². The first kappa shape index (κ1) is 16.7. The zero-order chi connectivity index (χ0) is 17.0. The van der Waals surface area contributed by atoms with E-state index in [0.717, 1.165) is 22.6 Å². The summed E-state index contributed by atoms with van der Waals surface area (Å²) in [6.07, 6.45) is 0.412. The van der Waals surface area contributed by atoms with Gasteiger partial charge in [0.05, 0.1) is 36.3 Å². The summed E-state index contributed by atoms with van der Waals surface area (Å²) in [7, 11) is 1.36. The number of amides is 1. The van der Waals surface area contributed by atoms with Crippen molar-refractivity contribution >= 4 is 17.6 Å². The molecule has 122 valence electrons. The predicted molar refractivity (Wildman–Crippen MR) is 87.5 cm³/mol. The largest absolute Gasteiger partial charge is 0.465 e. The van der Waals surface area contributed by atoms with E-state index in [2.05, 4.69) is 10.4 Å². The van der Waals surface area contributed by atoms with Gasteiger partial charge in [-0.1, -0.05) is 25.1 Å². The van der Waals surface area contributed by atoms with Gasteiger partial charge < -0.3 is 10.1 Å². The normalized spacial score (nSPS) is 10.4. The number of anilines is 1. The van der Waals surface area contributed by atoms with Crippen LogP contribution in [-0.2, 0) is 16.1 Å². The van der Waals surface area contributed by atoms with Crippen LogP contribution >= 0.6 is 0 Å². The van der Waals surface area contributed by atoms with E-state index in [1.165, 1.54) is 7.11 Å². The Bertz CT molecular complexity index is 735. The minimum atomic E-state index is -0.373. The standard InChI is InChI=1S/C17H21N3O3/c1-5-15(21)18-16-11(2)19-20(12(16)3)10-13-8-6-7-9-14(13)17(22)23-4/h6-9H,5,10H2,1-4H3,(H,18,21). The minimum Gasteiger partial charge on any atom is -0.465 e. The highest BCUT2D eigenvalue weighted by Crippen LogP contribution is 2.21. The molecule has 0 spiro atoms. The van der Waals surface area contributed by atoms with Crippen molar-refractivity contribution in [3.8, 4) is 0 Å². The SMILES string of the molecule is CCC(=O)Nc1c(C)nn(Cc2ccccc2C(=O)OC)c1C. The van der Waals surface area contributed by atoms with Gasteiger partial charge in [0.15, 0.2) is 0 Å². The van der Waals surface area contributed by atoms with Crippen molar-refractivity contribution in [2.24, 2.45) is 0 Å². The number of hydrogen-bond donors (Lipinski definition) is 1. The van der Waals surface area contributed by atoms with Gasteiger partial charge >= 0.3 is 5.97 Å². The summed E-state index contributed by atoms with van der Waals surface area (Å²) in [5, 5.41) is 7.34. The molecule has 1 amide bonds. The molecule has 0 saturated heterocycles. The van der Waals surface area contributed by atoms with Crippen molar-refractivity contribution in [3.63, 3.8) is 0 Å². The summed E-state index contributed by atoms with van der Waals surface area (Å²) >= 11 is 0. The van der Waals surface area contributed by atoms with Crippen molar-refractivity contribution in [1.29, 1.82) is 0 Å². The molecule has 0 radical (unpaired) electrons. The second-order valence-corrected chi connectivity index (χ2v) is 5.25. The molecule has 0 aliphatic carbocycles. The lowest BCUT2D eigenvalue weighted by Gasteiger charge is -2.10. The van der Waals surface area contributed by atoms with Gasteiger partial charge in [0.2, 0.25) is 5.91 Å². The summed E-state index contributed by atoms with van der Waals surface area (Å²) in [6, 6.07) is 7.26. The fourth-order valence-corrected chi connectivity index (χ4v) is 2.39. The Balaban J connectivity index is 2.33. The maximum absolute atomic E-state index is 11.9.